The van der Waals surface area contributed by atoms with Gasteiger partial charge in [0.15, 0.2) is 0 Å². The molecular formula is C14H32N2O2S. The van der Waals surface area contributed by atoms with Crippen molar-refractivity contribution >= 4 is 10.0 Å². The molecular weight excluding hydrogens is 260 g/mol. The van der Waals surface area contributed by atoms with Crippen LogP contribution in [0.2, 0.25) is 0 Å². The van der Waals surface area contributed by atoms with E-state index in [0.29, 0.717) is 12.6 Å². The number of likely N-dealkylation sites (N-methyl/N-ethyl adjacent to an activating group) is 1. The molecule has 0 saturated heterocycles. The maximum absolute atomic E-state index is 11.9. The second-order valence-electron chi connectivity index (χ2n) is 7.53. The summed E-state index contributed by atoms with van der Waals surface area (Å²) in [6, 6.07) is 0.397. The van der Waals surface area contributed by atoms with Crippen molar-refractivity contribution in [1.82, 2.24) is 9.21 Å². The van der Waals surface area contributed by atoms with Gasteiger partial charge in [0.25, 0.3) is 0 Å². The molecule has 0 rings (SSSR count). The Balaban J connectivity index is 4.77. The smallest absolute Gasteiger partial charge is 0.211 e. The molecule has 0 unspecified atom stereocenters. The lowest BCUT2D eigenvalue weighted by Gasteiger charge is -2.38. The van der Waals surface area contributed by atoms with Crippen LogP contribution in [0.4, 0.5) is 0 Å². The van der Waals surface area contributed by atoms with Crippen molar-refractivity contribution < 1.29 is 8.42 Å². The van der Waals surface area contributed by atoms with Gasteiger partial charge in [-0.25, -0.2) is 8.42 Å². The van der Waals surface area contributed by atoms with Crippen molar-refractivity contribution in [1.29, 1.82) is 0 Å². The lowest BCUT2D eigenvalue weighted by atomic mass is 9.87. The summed E-state index contributed by atoms with van der Waals surface area (Å²) in [4.78, 5) is 2.23. The van der Waals surface area contributed by atoms with Gasteiger partial charge in [0.05, 0.1) is 6.26 Å². The summed E-state index contributed by atoms with van der Waals surface area (Å²) in [6.07, 6.45) is 1.28. The molecule has 19 heavy (non-hydrogen) atoms. The van der Waals surface area contributed by atoms with E-state index in [4.69, 9.17) is 0 Å². The van der Waals surface area contributed by atoms with Crippen LogP contribution in [0.25, 0.3) is 0 Å². The molecule has 0 aromatic carbocycles. The average Bonchev–Trinajstić information content (AvgIpc) is 2.10. The molecule has 0 bridgehead atoms. The quantitative estimate of drug-likeness (QED) is 0.781. The van der Waals surface area contributed by atoms with Crippen LogP contribution in [-0.2, 0) is 10.0 Å². The van der Waals surface area contributed by atoms with Crippen LogP contribution < -0.4 is 0 Å². The summed E-state index contributed by atoms with van der Waals surface area (Å²) in [5, 5.41) is 0. The van der Waals surface area contributed by atoms with E-state index in [1.54, 1.807) is 4.31 Å². The van der Waals surface area contributed by atoms with Crippen molar-refractivity contribution in [2.45, 2.75) is 60.0 Å². The first-order valence-electron chi connectivity index (χ1n) is 6.85. The first kappa shape index (κ1) is 18.9. The van der Waals surface area contributed by atoms with Crippen LogP contribution >= 0.6 is 0 Å². The van der Waals surface area contributed by atoms with Gasteiger partial charge in [0.2, 0.25) is 10.0 Å². The average molecular weight is 292 g/mol. The van der Waals surface area contributed by atoms with E-state index < -0.39 is 10.0 Å². The van der Waals surface area contributed by atoms with Crippen LogP contribution in [0.5, 0.6) is 0 Å². The first-order valence-corrected chi connectivity index (χ1v) is 8.70. The topological polar surface area (TPSA) is 40.6 Å². The highest BCUT2D eigenvalue weighted by molar-refractivity contribution is 7.88. The number of nitrogens with zero attached hydrogens (tertiary/aromatic N) is 2. The Morgan fingerprint density at radius 1 is 1.00 bits per heavy atom. The predicted molar refractivity (Wildman–Crippen MR) is 82.8 cm³/mol. The SMILES string of the molecule is C[C@@H](N(C)CCN(C(C)(C)C)S(C)(=O)=O)C(C)(C)C. The number of sulfonamides is 1. The van der Waals surface area contributed by atoms with Crippen LogP contribution in [-0.4, -0.2) is 55.6 Å². The molecule has 5 heteroatoms. The van der Waals surface area contributed by atoms with Gasteiger partial charge in [-0.3, -0.25) is 0 Å². The highest BCUT2D eigenvalue weighted by atomic mass is 32.2. The first-order chi connectivity index (χ1) is 8.17. The Kier molecular flexibility index (Phi) is 6.06. The molecule has 0 N–H and O–H groups in total. The number of rotatable bonds is 5. The summed E-state index contributed by atoms with van der Waals surface area (Å²) in [5.74, 6) is 0. The van der Waals surface area contributed by atoms with Gasteiger partial charge in [-0.2, -0.15) is 4.31 Å². The van der Waals surface area contributed by atoms with Gasteiger partial charge in [0, 0.05) is 24.7 Å². The third kappa shape index (κ3) is 6.23. The minimum Gasteiger partial charge on any atom is -0.302 e. The maximum atomic E-state index is 11.9. The number of hydrogen-bond donors (Lipinski definition) is 0. The highest BCUT2D eigenvalue weighted by Crippen LogP contribution is 2.23. The normalized spacial score (nSPS) is 16.2. The third-order valence-electron chi connectivity index (χ3n) is 3.72. The fourth-order valence-electron chi connectivity index (χ4n) is 2.10. The van der Waals surface area contributed by atoms with Gasteiger partial charge >= 0.3 is 0 Å². The third-order valence-corrected chi connectivity index (χ3v) is 5.25. The second-order valence-corrected chi connectivity index (χ2v) is 9.44. The van der Waals surface area contributed by atoms with Crippen molar-refractivity contribution in [3.63, 3.8) is 0 Å². The molecule has 116 valence electrons. The molecule has 0 spiro atoms. The summed E-state index contributed by atoms with van der Waals surface area (Å²) in [5.41, 5.74) is -0.189. The lowest BCUT2D eigenvalue weighted by Crippen LogP contribution is -2.50. The lowest BCUT2D eigenvalue weighted by molar-refractivity contribution is 0.124. The zero-order chi connectivity index (χ0) is 15.6. The molecule has 0 aliphatic carbocycles. The van der Waals surface area contributed by atoms with Gasteiger partial charge in [-0.05, 0) is 40.2 Å². The van der Waals surface area contributed by atoms with E-state index in [2.05, 4.69) is 39.6 Å². The Morgan fingerprint density at radius 2 is 1.42 bits per heavy atom. The van der Waals surface area contributed by atoms with Crippen molar-refractivity contribution in [2.24, 2.45) is 5.41 Å². The summed E-state index contributed by atoms with van der Waals surface area (Å²) >= 11 is 0. The molecule has 0 aromatic heterocycles. The zero-order valence-corrected chi connectivity index (χ0v) is 14.9. The van der Waals surface area contributed by atoms with E-state index in [-0.39, 0.29) is 11.0 Å². The van der Waals surface area contributed by atoms with Crippen molar-refractivity contribution in [3.05, 3.63) is 0 Å². The van der Waals surface area contributed by atoms with Crippen LogP contribution in [0.15, 0.2) is 0 Å². The Morgan fingerprint density at radius 3 is 1.68 bits per heavy atom. The Bertz CT molecular complexity index is 377. The van der Waals surface area contributed by atoms with Crippen LogP contribution in [0, 0.1) is 5.41 Å². The minimum absolute atomic E-state index is 0.187. The Labute approximate surface area is 120 Å². The van der Waals surface area contributed by atoms with E-state index in [1.807, 2.05) is 20.8 Å². The minimum atomic E-state index is -3.17. The second kappa shape index (κ2) is 6.10. The fourth-order valence-corrected chi connectivity index (χ4v) is 3.51. The molecule has 0 fully saturated rings. The van der Waals surface area contributed by atoms with Gasteiger partial charge in [0.1, 0.15) is 0 Å². The molecule has 0 heterocycles. The summed E-state index contributed by atoms with van der Waals surface area (Å²) in [6.45, 7) is 15.8. The van der Waals surface area contributed by atoms with Gasteiger partial charge in [-0.1, -0.05) is 20.8 Å². The van der Waals surface area contributed by atoms with Crippen molar-refractivity contribution in [3.8, 4) is 0 Å². The number of hydrogen-bond acceptors (Lipinski definition) is 3. The van der Waals surface area contributed by atoms with Crippen molar-refractivity contribution in [2.75, 3.05) is 26.4 Å². The maximum Gasteiger partial charge on any atom is 0.211 e. The summed E-state index contributed by atoms with van der Waals surface area (Å²) in [7, 11) is -1.12. The van der Waals surface area contributed by atoms with Gasteiger partial charge < -0.3 is 4.90 Å². The molecule has 4 nitrogen and oxygen atoms in total. The van der Waals surface area contributed by atoms with Crippen LogP contribution in [0.1, 0.15) is 48.5 Å². The largest absolute Gasteiger partial charge is 0.302 e. The predicted octanol–water partition coefficient (Wildman–Crippen LogP) is 2.41. The highest BCUT2D eigenvalue weighted by Gasteiger charge is 2.30. The molecule has 0 aromatic rings. The van der Waals surface area contributed by atoms with Crippen LogP contribution in [0.3, 0.4) is 0 Å². The van der Waals surface area contributed by atoms with E-state index in [1.165, 1.54) is 6.26 Å². The monoisotopic (exact) mass is 292 g/mol. The standard InChI is InChI=1S/C14H32N2O2S/c1-12(13(2,3)4)15(8)10-11-16(14(5,6)7)19(9,17)18/h12H,10-11H2,1-9H3/t12-/m1/s1. The summed E-state index contributed by atoms with van der Waals surface area (Å²) < 4.78 is 25.3. The molecule has 0 radical (unpaired) electrons. The molecule has 0 aliphatic rings. The Hall–Kier alpha value is -0.130. The molecule has 1 atom stereocenters. The molecule has 0 saturated carbocycles. The van der Waals surface area contributed by atoms with E-state index >= 15 is 0 Å². The molecule has 0 aliphatic heterocycles. The van der Waals surface area contributed by atoms with Gasteiger partial charge in [-0.15, -0.1) is 0 Å². The molecule has 0 amide bonds. The zero-order valence-electron chi connectivity index (χ0n) is 14.1. The van der Waals surface area contributed by atoms with E-state index in [9.17, 15) is 8.42 Å². The van der Waals surface area contributed by atoms with E-state index in [0.717, 1.165) is 6.54 Å². The fraction of sp³-hybridized carbons (Fsp3) is 1.00.